The predicted molar refractivity (Wildman–Crippen MR) is 93.6 cm³/mol. The molecule has 22 heavy (non-hydrogen) atoms. The highest BCUT2D eigenvalue weighted by Gasteiger charge is 2.22. The molecule has 0 aliphatic carbocycles. The summed E-state index contributed by atoms with van der Waals surface area (Å²) in [6.45, 7) is 4.09. The number of benzene rings is 2. The zero-order valence-electron chi connectivity index (χ0n) is 12.9. The Morgan fingerprint density at radius 3 is 2.36 bits per heavy atom. The molecule has 2 atom stereocenters. The number of para-hydroxylation sites is 1. The van der Waals surface area contributed by atoms with E-state index in [0.717, 1.165) is 16.6 Å². The molecular formula is C18H22BrN2O+. The predicted octanol–water partition coefficient (Wildman–Crippen LogP) is 3.49. The van der Waals surface area contributed by atoms with Crippen LogP contribution in [0.4, 0.5) is 5.69 Å². The van der Waals surface area contributed by atoms with Crippen molar-refractivity contribution in [3.05, 3.63) is 64.6 Å². The Bertz CT molecular complexity index is 598. The maximum absolute atomic E-state index is 12.3. The molecule has 0 fully saturated rings. The van der Waals surface area contributed by atoms with Crippen molar-refractivity contribution < 1.29 is 10.1 Å². The monoisotopic (exact) mass is 361 g/mol. The van der Waals surface area contributed by atoms with Gasteiger partial charge in [-0.3, -0.25) is 4.79 Å². The Balaban J connectivity index is 1.98. The molecule has 3 N–H and O–H groups in total. The summed E-state index contributed by atoms with van der Waals surface area (Å²) in [6.07, 6.45) is 0.977. The SMILES string of the molecule is CC[C@H]([NH2+][C@H](C)C(=O)Nc1ccccc1)c1ccc(Br)cc1. The minimum atomic E-state index is -0.145. The van der Waals surface area contributed by atoms with Crippen molar-refractivity contribution in [3.63, 3.8) is 0 Å². The van der Waals surface area contributed by atoms with Crippen molar-refractivity contribution in [2.45, 2.75) is 32.4 Å². The van der Waals surface area contributed by atoms with Gasteiger partial charge in [-0.1, -0.05) is 53.2 Å². The first-order valence-electron chi connectivity index (χ1n) is 7.56. The number of anilines is 1. The van der Waals surface area contributed by atoms with Crippen molar-refractivity contribution in [2.75, 3.05) is 5.32 Å². The van der Waals surface area contributed by atoms with Crippen molar-refractivity contribution in [1.82, 2.24) is 0 Å². The number of hydrogen-bond acceptors (Lipinski definition) is 1. The van der Waals surface area contributed by atoms with E-state index in [9.17, 15) is 4.79 Å². The van der Waals surface area contributed by atoms with Crippen molar-refractivity contribution in [2.24, 2.45) is 0 Å². The fraction of sp³-hybridized carbons (Fsp3) is 0.278. The largest absolute Gasteiger partial charge is 0.330 e. The third-order valence-corrected chi connectivity index (χ3v) is 4.24. The van der Waals surface area contributed by atoms with Gasteiger partial charge in [0.15, 0.2) is 6.04 Å². The number of rotatable bonds is 6. The lowest BCUT2D eigenvalue weighted by Gasteiger charge is -2.19. The number of carbonyl (C=O) groups is 1. The lowest BCUT2D eigenvalue weighted by Crippen LogP contribution is -2.92. The fourth-order valence-electron chi connectivity index (χ4n) is 2.41. The minimum absolute atomic E-state index is 0.0294. The number of hydrogen-bond donors (Lipinski definition) is 2. The van der Waals surface area contributed by atoms with Gasteiger partial charge in [-0.15, -0.1) is 0 Å². The van der Waals surface area contributed by atoms with E-state index < -0.39 is 0 Å². The number of halogens is 1. The first-order chi connectivity index (χ1) is 10.6. The first kappa shape index (κ1) is 16.7. The zero-order valence-corrected chi connectivity index (χ0v) is 14.5. The van der Waals surface area contributed by atoms with E-state index >= 15 is 0 Å². The third-order valence-electron chi connectivity index (χ3n) is 3.71. The molecule has 0 bridgehead atoms. The Morgan fingerprint density at radius 2 is 1.77 bits per heavy atom. The number of quaternary nitrogens is 1. The van der Waals surface area contributed by atoms with Crippen molar-refractivity contribution in [1.29, 1.82) is 0 Å². The maximum Gasteiger partial charge on any atom is 0.282 e. The average Bonchev–Trinajstić information content (AvgIpc) is 2.54. The van der Waals surface area contributed by atoms with Crippen LogP contribution in [0.25, 0.3) is 0 Å². The number of nitrogens with two attached hydrogens (primary N) is 1. The highest BCUT2D eigenvalue weighted by molar-refractivity contribution is 9.10. The molecular weight excluding hydrogens is 340 g/mol. The molecule has 2 rings (SSSR count). The van der Waals surface area contributed by atoms with Gasteiger partial charge in [0.25, 0.3) is 5.91 Å². The molecule has 0 unspecified atom stereocenters. The average molecular weight is 362 g/mol. The van der Waals surface area contributed by atoms with Crippen LogP contribution in [0, 0.1) is 0 Å². The van der Waals surface area contributed by atoms with Gasteiger partial charge in [0.1, 0.15) is 6.04 Å². The summed E-state index contributed by atoms with van der Waals surface area (Å²) in [5, 5.41) is 5.08. The Morgan fingerprint density at radius 1 is 1.14 bits per heavy atom. The molecule has 0 saturated carbocycles. The molecule has 0 radical (unpaired) electrons. The third kappa shape index (κ3) is 4.68. The number of amides is 1. The van der Waals surface area contributed by atoms with Gasteiger partial charge in [-0.2, -0.15) is 0 Å². The van der Waals surface area contributed by atoms with Crippen LogP contribution in [-0.4, -0.2) is 11.9 Å². The second kappa shape index (κ2) is 8.11. The summed E-state index contributed by atoms with van der Waals surface area (Å²) in [4.78, 5) is 12.3. The summed E-state index contributed by atoms with van der Waals surface area (Å²) in [5.74, 6) is 0.0294. The highest BCUT2D eigenvalue weighted by Crippen LogP contribution is 2.16. The van der Waals surface area contributed by atoms with Gasteiger partial charge >= 0.3 is 0 Å². The lowest BCUT2D eigenvalue weighted by molar-refractivity contribution is -0.713. The van der Waals surface area contributed by atoms with E-state index in [1.165, 1.54) is 5.56 Å². The zero-order chi connectivity index (χ0) is 15.9. The molecule has 2 aromatic rings. The summed E-state index contributed by atoms with van der Waals surface area (Å²) >= 11 is 3.45. The Kier molecular flexibility index (Phi) is 6.16. The van der Waals surface area contributed by atoms with Crippen LogP contribution in [0.2, 0.25) is 0 Å². The minimum Gasteiger partial charge on any atom is -0.330 e. The van der Waals surface area contributed by atoms with E-state index in [-0.39, 0.29) is 18.0 Å². The van der Waals surface area contributed by atoms with Crippen LogP contribution >= 0.6 is 15.9 Å². The molecule has 2 aromatic carbocycles. The van der Waals surface area contributed by atoms with E-state index in [1.807, 2.05) is 49.4 Å². The van der Waals surface area contributed by atoms with Crippen LogP contribution < -0.4 is 10.6 Å². The van der Waals surface area contributed by atoms with Crippen LogP contribution in [-0.2, 0) is 4.79 Å². The van der Waals surface area contributed by atoms with E-state index in [2.05, 4.69) is 45.6 Å². The second-order valence-corrected chi connectivity index (χ2v) is 6.32. The van der Waals surface area contributed by atoms with E-state index in [4.69, 9.17) is 0 Å². The quantitative estimate of drug-likeness (QED) is 0.812. The topological polar surface area (TPSA) is 45.7 Å². The van der Waals surface area contributed by atoms with Gasteiger partial charge in [-0.25, -0.2) is 0 Å². The maximum atomic E-state index is 12.3. The molecule has 1 amide bonds. The van der Waals surface area contributed by atoms with E-state index in [1.54, 1.807) is 0 Å². The van der Waals surface area contributed by atoms with Crippen molar-refractivity contribution >= 4 is 27.5 Å². The van der Waals surface area contributed by atoms with Gasteiger partial charge in [0, 0.05) is 22.1 Å². The summed E-state index contributed by atoms with van der Waals surface area (Å²) in [7, 11) is 0. The Labute approximate surface area is 140 Å². The van der Waals surface area contributed by atoms with Gasteiger partial charge in [-0.05, 0) is 31.2 Å². The van der Waals surface area contributed by atoms with Gasteiger partial charge in [0.2, 0.25) is 0 Å². The van der Waals surface area contributed by atoms with Gasteiger partial charge < -0.3 is 10.6 Å². The highest BCUT2D eigenvalue weighted by atomic mass is 79.9. The molecule has 0 aromatic heterocycles. The number of nitrogens with one attached hydrogen (secondary N) is 1. The van der Waals surface area contributed by atoms with Crippen molar-refractivity contribution in [3.8, 4) is 0 Å². The van der Waals surface area contributed by atoms with E-state index in [0.29, 0.717) is 0 Å². The molecule has 0 aliphatic heterocycles. The molecule has 0 aliphatic rings. The Hall–Kier alpha value is -1.65. The molecule has 4 heteroatoms. The summed E-state index contributed by atoms with van der Waals surface area (Å²) in [5.41, 5.74) is 2.08. The summed E-state index contributed by atoms with van der Waals surface area (Å²) in [6, 6.07) is 18.0. The molecule has 116 valence electrons. The normalized spacial score (nSPS) is 13.4. The molecule has 0 spiro atoms. The molecule has 0 heterocycles. The van der Waals surface area contributed by atoms with Crippen LogP contribution in [0.15, 0.2) is 59.1 Å². The van der Waals surface area contributed by atoms with Crippen LogP contribution in [0.3, 0.4) is 0 Å². The number of carbonyl (C=O) groups excluding carboxylic acids is 1. The van der Waals surface area contributed by atoms with Crippen LogP contribution in [0.5, 0.6) is 0 Å². The lowest BCUT2D eigenvalue weighted by atomic mass is 10.0. The fourth-order valence-corrected chi connectivity index (χ4v) is 2.67. The standard InChI is InChI=1S/C18H21BrN2O/c1-3-17(14-9-11-15(19)12-10-14)20-13(2)18(22)21-16-7-5-4-6-8-16/h4-13,17,20H,3H2,1-2H3,(H,21,22)/p+1/t13-,17+/m1/s1. The first-order valence-corrected chi connectivity index (χ1v) is 8.35. The molecule has 0 saturated heterocycles. The smallest absolute Gasteiger partial charge is 0.282 e. The summed E-state index contributed by atoms with van der Waals surface area (Å²) < 4.78 is 1.07. The van der Waals surface area contributed by atoms with Crippen LogP contribution in [0.1, 0.15) is 31.9 Å². The second-order valence-electron chi connectivity index (χ2n) is 5.40. The van der Waals surface area contributed by atoms with Gasteiger partial charge in [0.05, 0.1) is 0 Å². The molecule has 3 nitrogen and oxygen atoms in total.